The maximum Gasteiger partial charge on any atom is 0.0329 e. The SMILES string of the molecule is CCCCC(CC)(CN)N1CCC(c2ccccc2)C1. The van der Waals surface area contributed by atoms with Gasteiger partial charge in [0.1, 0.15) is 0 Å². The molecule has 1 heterocycles. The second kappa shape index (κ2) is 7.24. The summed E-state index contributed by atoms with van der Waals surface area (Å²) < 4.78 is 0. The standard InChI is InChI=1S/C18H30N2/c1-3-5-12-18(4-2,15-19)20-13-11-17(14-20)16-9-7-6-8-10-16/h6-10,17H,3-5,11-15,19H2,1-2H3. The third kappa shape index (κ3) is 3.24. The molecule has 0 radical (unpaired) electrons. The summed E-state index contributed by atoms with van der Waals surface area (Å²) in [5.41, 5.74) is 7.91. The molecule has 20 heavy (non-hydrogen) atoms. The van der Waals surface area contributed by atoms with Gasteiger partial charge in [-0.3, -0.25) is 4.90 Å². The number of nitrogens with two attached hydrogens (primary N) is 1. The molecule has 1 saturated heterocycles. The normalized spacial score (nSPS) is 22.9. The fourth-order valence-corrected chi connectivity index (χ4v) is 3.63. The van der Waals surface area contributed by atoms with Gasteiger partial charge < -0.3 is 5.73 Å². The predicted molar refractivity (Wildman–Crippen MR) is 87.0 cm³/mol. The van der Waals surface area contributed by atoms with E-state index in [4.69, 9.17) is 5.73 Å². The van der Waals surface area contributed by atoms with E-state index in [0.29, 0.717) is 5.92 Å². The zero-order valence-electron chi connectivity index (χ0n) is 13.1. The predicted octanol–water partition coefficient (Wildman–Crippen LogP) is 3.77. The van der Waals surface area contributed by atoms with E-state index < -0.39 is 0 Å². The molecule has 0 amide bonds. The van der Waals surface area contributed by atoms with Crippen molar-refractivity contribution < 1.29 is 0 Å². The Morgan fingerprint density at radius 2 is 2.00 bits per heavy atom. The summed E-state index contributed by atoms with van der Waals surface area (Å²) in [6.45, 7) is 7.75. The summed E-state index contributed by atoms with van der Waals surface area (Å²) in [5.74, 6) is 0.690. The Hall–Kier alpha value is -0.860. The molecule has 0 aliphatic carbocycles. The number of hydrogen-bond donors (Lipinski definition) is 1. The van der Waals surface area contributed by atoms with Gasteiger partial charge in [-0.1, -0.05) is 57.0 Å². The van der Waals surface area contributed by atoms with Crippen molar-refractivity contribution in [3.05, 3.63) is 35.9 Å². The zero-order valence-corrected chi connectivity index (χ0v) is 13.1. The third-order valence-electron chi connectivity index (χ3n) is 5.16. The van der Waals surface area contributed by atoms with Gasteiger partial charge in [0.2, 0.25) is 0 Å². The first-order valence-corrected chi connectivity index (χ1v) is 8.26. The van der Waals surface area contributed by atoms with Crippen molar-refractivity contribution in [2.45, 2.75) is 57.4 Å². The molecule has 0 bridgehead atoms. The van der Waals surface area contributed by atoms with Gasteiger partial charge in [0.05, 0.1) is 0 Å². The number of nitrogens with zero attached hydrogens (tertiary/aromatic N) is 1. The van der Waals surface area contributed by atoms with Crippen LogP contribution >= 0.6 is 0 Å². The molecule has 2 unspecified atom stereocenters. The van der Waals surface area contributed by atoms with Crippen LogP contribution in [0.3, 0.4) is 0 Å². The quantitative estimate of drug-likeness (QED) is 0.820. The van der Waals surface area contributed by atoms with E-state index >= 15 is 0 Å². The minimum Gasteiger partial charge on any atom is -0.329 e. The van der Waals surface area contributed by atoms with Gasteiger partial charge in [-0.15, -0.1) is 0 Å². The van der Waals surface area contributed by atoms with E-state index in [-0.39, 0.29) is 5.54 Å². The van der Waals surface area contributed by atoms with Crippen LogP contribution in [0.1, 0.15) is 57.4 Å². The van der Waals surface area contributed by atoms with Gasteiger partial charge in [-0.25, -0.2) is 0 Å². The van der Waals surface area contributed by atoms with E-state index in [2.05, 4.69) is 49.1 Å². The smallest absolute Gasteiger partial charge is 0.0329 e. The highest BCUT2D eigenvalue weighted by atomic mass is 15.2. The fraction of sp³-hybridized carbons (Fsp3) is 0.667. The summed E-state index contributed by atoms with van der Waals surface area (Å²) in [6.07, 6.45) is 6.25. The summed E-state index contributed by atoms with van der Waals surface area (Å²) in [5, 5.41) is 0. The van der Waals surface area contributed by atoms with Crippen molar-refractivity contribution in [2.24, 2.45) is 5.73 Å². The minimum atomic E-state index is 0.236. The molecule has 0 aromatic heterocycles. The lowest BCUT2D eigenvalue weighted by molar-refractivity contribution is 0.104. The molecule has 1 fully saturated rings. The van der Waals surface area contributed by atoms with Gasteiger partial charge in [0.15, 0.2) is 0 Å². The largest absolute Gasteiger partial charge is 0.329 e. The summed E-state index contributed by atoms with van der Waals surface area (Å²) in [6, 6.07) is 11.0. The summed E-state index contributed by atoms with van der Waals surface area (Å²) in [7, 11) is 0. The molecule has 0 spiro atoms. The van der Waals surface area contributed by atoms with E-state index in [9.17, 15) is 0 Å². The monoisotopic (exact) mass is 274 g/mol. The molecule has 1 aliphatic heterocycles. The number of unbranched alkanes of at least 4 members (excludes halogenated alkanes) is 1. The van der Waals surface area contributed by atoms with Crippen molar-refractivity contribution in [1.82, 2.24) is 4.90 Å². The second-order valence-corrected chi connectivity index (χ2v) is 6.23. The Morgan fingerprint density at radius 1 is 1.25 bits per heavy atom. The first-order valence-electron chi connectivity index (χ1n) is 8.26. The van der Waals surface area contributed by atoms with Crippen LogP contribution in [0.2, 0.25) is 0 Å². The highest BCUT2D eigenvalue weighted by molar-refractivity contribution is 5.21. The van der Waals surface area contributed by atoms with Crippen molar-refractivity contribution in [3.8, 4) is 0 Å². The van der Waals surface area contributed by atoms with Crippen molar-refractivity contribution >= 4 is 0 Å². The van der Waals surface area contributed by atoms with Gasteiger partial charge in [0, 0.05) is 18.6 Å². The Balaban J connectivity index is 2.06. The number of likely N-dealkylation sites (tertiary alicyclic amines) is 1. The maximum absolute atomic E-state index is 6.18. The first-order chi connectivity index (χ1) is 9.75. The maximum atomic E-state index is 6.18. The Morgan fingerprint density at radius 3 is 2.60 bits per heavy atom. The van der Waals surface area contributed by atoms with E-state index in [0.717, 1.165) is 6.54 Å². The molecule has 2 nitrogen and oxygen atoms in total. The molecular formula is C18H30N2. The lowest BCUT2D eigenvalue weighted by Crippen LogP contribution is -2.52. The molecular weight excluding hydrogens is 244 g/mol. The van der Waals surface area contributed by atoms with Crippen molar-refractivity contribution in [3.63, 3.8) is 0 Å². The highest BCUT2D eigenvalue weighted by Crippen LogP contribution is 2.35. The molecule has 112 valence electrons. The topological polar surface area (TPSA) is 29.3 Å². The lowest BCUT2D eigenvalue weighted by atomic mass is 9.88. The number of rotatable bonds is 7. The Labute approximate surface area is 124 Å². The molecule has 1 aromatic carbocycles. The fourth-order valence-electron chi connectivity index (χ4n) is 3.63. The van der Waals surface area contributed by atoms with Crippen LogP contribution < -0.4 is 5.73 Å². The molecule has 2 rings (SSSR count). The molecule has 2 atom stereocenters. The van der Waals surface area contributed by atoms with Gasteiger partial charge >= 0.3 is 0 Å². The molecule has 2 heteroatoms. The van der Waals surface area contributed by atoms with Crippen LogP contribution in [0.25, 0.3) is 0 Å². The highest BCUT2D eigenvalue weighted by Gasteiger charge is 2.38. The van der Waals surface area contributed by atoms with E-state index in [1.54, 1.807) is 0 Å². The summed E-state index contributed by atoms with van der Waals surface area (Å²) in [4.78, 5) is 2.68. The van der Waals surface area contributed by atoms with E-state index in [1.165, 1.54) is 50.8 Å². The van der Waals surface area contributed by atoms with Crippen LogP contribution in [0.5, 0.6) is 0 Å². The van der Waals surface area contributed by atoms with Crippen LogP contribution in [0.4, 0.5) is 0 Å². The van der Waals surface area contributed by atoms with E-state index in [1.807, 2.05) is 0 Å². The summed E-state index contributed by atoms with van der Waals surface area (Å²) >= 11 is 0. The zero-order chi connectivity index (χ0) is 14.4. The average molecular weight is 274 g/mol. The Bertz CT molecular complexity index is 384. The minimum absolute atomic E-state index is 0.236. The molecule has 1 aromatic rings. The third-order valence-corrected chi connectivity index (χ3v) is 5.16. The Kier molecular flexibility index (Phi) is 5.62. The number of hydrogen-bond acceptors (Lipinski definition) is 2. The number of benzene rings is 1. The van der Waals surface area contributed by atoms with Crippen LogP contribution in [-0.2, 0) is 0 Å². The van der Waals surface area contributed by atoms with Crippen molar-refractivity contribution in [1.29, 1.82) is 0 Å². The lowest BCUT2D eigenvalue weighted by Gasteiger charge is -2.41. The van der Waals surface area contributed by atoms with Crippen LogP contribution in [0, 0.1) is 0 Å². The van der Waals surface area contributed by atoms with Crippen LogP contribution in [0.15, 0.2) is 30.3 Å². The van der Waals surface area contributed by atoms with Crippen molar-refractivity contribution in [2.75, 3.05) is 19.6 Å². The molecule has 2 N–H and O–H groups in total. The van der Waals surface area contributed by atoms with Crippen LogP contribution in [-0.4, -0.2) is 30.1 Å². The van der Waals surface area contributed by atoms with Gasteiger partial charge in [0.25, 0.3) is 0 Å². The first kappa shape index (κ1) is 15.5. The van der Waals surface area contributed by atoms with Gasteiger partial charge in [-0.2, -0.15) is 0 Å². The molecule has 0 saturated carbocycles. The second-order valence-electron chi connectivity index (χ2n) is 6.23. The average Bonchev–Trinajstić information content (AvgIpc) is 3.00. The molecule has 1 aliphatic rings. The van der Waals surface area contributed by atoms with Gasteiger partial charge in [-0.05, 0) is 37.3 Å².